The predicted molar refractivity (Wildman–Crippen MR) is 67.2 cm³/mol. The maximum atomic E-state index is 9.52. The highest BCUT2D eigenvalue weighted by molar-refractivity contribution is 7.10. The Kier molecular flexibility index (Phi) is 2.56. The van der Waals surface area contributed by atoms with Crippen LogP contribution in [0, 0.1) is 6.92 Å². The highest BCUT2D eigenvalue weighted by Gasteiger charge is 2.40. The monoisotopic (exact) mass is 249 g/mol. The van der Waals surface area contributed by atoms with Crippen molar-refractivity contribution in [3.63, 3.8) is 0 Å². The average molecular weight is 249 g/mol. The van der Waals surface area contributed by atoms with Gasteiger partial charge in [-0.05, 0) is 31.9 Å². The number of thiazole rings is 1. The van der Waals surface area contributed by atoms with Gasteiger partial charge in [-0.25, -0.2) is 4.98 Å². The molecule has 1 N–H and O–H groups in total. The summed E-state index contributed by atoms with van der Waals surface area (Å²) in [5.74, 6) is 1.72. The first-order chi connectivity index (χ1) is 8.23. The summed E-state index contributed by atoms with van der Waals surface area (Å²) < 4.78 is 5.56. The first kappa shape index (κ1) is 11.0. The van der Waals surface area contributed by atoms with Gasteiger partial charge in [-0.15, -0.1) is 11.3 Å². The molecule has 3 nitrogen and oxygen atoms in total. The molecule has 3 rings (SSSR count). The van der Waals surface area contributed by atoms with Gasteiger partial charge in [-0.2, -0.15) is 0 Å². The summed E-state index contributed by atoms with van der Waals surface area (Å²) in [6.07, 6.45) is 3.29. The van der Waals surface area contributed by atoms with Crippen LogP contribution in [0.25, 0.3) is 11.5 Å². The van der Waals surface area contributed by atoms with Crippen LogP contribution >= 0.6 is 11.3 Å². The second-order valence-electron chi connectivity index (χ2n) is 4.74. The van der Waals surface area contributed by atoms with E-state index in [2.05, 4.69) is 4.98 Å². The minimum atomic E-state index is -0.0649. The van der Waals surface area contributed by atoms with Gasteiger partial charge in [0.05, 0.1) is 6.61 Å². The Balaban J connectivity index is 1.92. The first-order valence-electron chi connectivity index (χ1n) is 5.87. The Hall–Kier alpha value is -1.13. The van der Waals surface area contributed by atoms with Gasteiger partial charge in [0.1, 0.15) is 16.5 Å². The molecule has 4 heteroatoms. The maximum absolute atomic E-state index is 9.52. The molecule has 90 valence electrons. The lowest BCUT2D eigenvalue weighted by atomic mass is 9.70. The van der Waals surface area contributed by atoms with Gasteiger partial charge < -0.3 is 9.52 Å². The van der Waals surface area contributed by atoms with Crippen molar-refractivity contribution >= 4 is 11.3 Å². The molecular formula is C13H15NO2S. The number of aliphatic hydroxyl groups is 1. The molecule has 2 aromatic rings. The van der Waals surface area contributed by atoms with E-state index in [1.54, 1.807) is 11.3 Å². The summed E-state index contributed by atoms with van der Waals surface area (Å²) in [5, 5.41) is 12.6. The zero-order valence-corrected chi connectivity index (χ0v) is 10.6. The Morgan fingerprint density at radius 2 is 2.29 bits per heavy atom. The van der Waals surface area contributed by atoms with Crippen molar-refractivity contribution in [1.82, 2.24) is 4.98 Å². The van der Waals surface area contributed by atoms with Crippen molar-refractivity contribution in [3.05, 3.63) is 28.3 Å². The van der Waals surface area contributed by atoms with E-state index in [0.29, 0.717) is 0 Å². The Labute approximate surface area is 104 Å². The molecular weight excluding hydrogens is 234 g/mol. The number of nitrogens with zero attached hydrogens (tertiary/aromatic N) is 1. The van der Waals surface area contributed by atoms with Crippen LogP contribution in [-0.4, -0.2) is 16.7 Å². The number of furan rings is 1. The minimum absolute atomic E-state index is 0.0649. The molecule has 0 bridgehead atoms. The molecule has 1 fully saturated rings. The van der Waals surface area contributed by atoms with Crippen molar-refractivity contribution in [1.29, 1.82) is 0 Å². The largest absolute Gasteiger partial charge is 0.460 e. The van der Waals surface area contributed by atoms with Crippen LogP contribution in [0.5, 0.6) is 0 Å². The predicted octanol–water partition coefficient (Wildman–Crippen LogP) is 3.13. The van der Waals surface area contributed by atoms with Crippen molar-refractivity contribution < 1.29 is 9.52 Å². The van der Waals surface area contributed by atoms with Gasteiger partial charge in [0.15, 0.2) is 5.76 Å². The zero-order valence-electron chi connectivity index (χ0n) is 9.77. The van der Waals surface area contributed by atoms with Gasteiger partial charge >= 0.3 is 0 Å². The first-order valence-corrected chi connectivity index (χ1v) is 6.75. The Morgan fingerprint density at radius 1 is 1.47 bits per heavy atom. The highest BCUT2D eigenvalue weighted by Crippen LogP contribution is 2.45. The summed E-state index contributed by atoms with van der Waals surface area (Å²) in [4.78, 5) is 4.62. The normalized spacial score (nSPS) is 18.0. The minimum Gasteiger partial charge on any atom is -0.460 e. The molecule has 1 saturated carbocycles. The Bertz CT molecular complexity index is 520. The topological polar surface area (TPSA) is 46.3 Å². The van der Waals surface area contributed by atoms with Gasteiger partial charge in [0.25, 0.3) is 0 Å². The summed E-state index contributed by atoms with van der Waals surface area (Å²) in [6.45, 7) is 2.13. The summed E-state index contributed by atoms with van der Waals surface area (Å²) in [7, 11) is 0. The number of hydrogen-bond acceptors (Lipinski definition) is 4. The standard InChI is InChI=1S/C13H15NO2S/c1-9-3-4-11(16-9)10-7-17-12(14-10)13(8-15)5-2-6-13/h3-4,7,15H,2,5-6,8H2,1H3. The number of aromatic nitrogens is 1. The van der Waals surface area contributed by atoms with E-state index < -0.39 is 0 Å². The molecule has 17 heavy (non-hydrogen) atoms. The van der Waals surface area contributed by atoms with E-state index in [9.17, 15) is 5.11 Å². The highest BCUT2D eigenvalue weighted by atomic mass is 32.1. The summed E-state index contributed by atoms with van der Waals surface area (Å²) in [5.41, 5.74) is 0.822. The van der Waals surface area contributed by atoms with Crippen LogP contribution in [0.2, 0.25) is 0 Å². The number of aliphatic hydroxyl groups excluding tert-OH is 1. The fraction of sp³-hybridized carbons (Fsp3) is 0.462. The average Bonchev–Trinajstić information content (AvgIpc) is 2.86. The molecule has 0 aliphatic heterocycles. The molecule has 0 unspecified atom stereocenters. The van der Waals surface area contributed by atoms with Crippen LogP contribution in [0.4, 0.5) is 0 Å². The molecule has 0 spiro atoms. The van der Waals surface area contributed by atoms with Gasteiger partial charge in [-0.3, -0.25) is 0 Å². The van der Waals surface area contributed by atoms with E-state index >= 15 is 0 Å². The lowest BCUT2D eigenvalue weighted by Gasteiger charge is -2.38. The van der Waals surface area contributed by atoms with Crippen LogP contribution < -0.4 is 0 Å². The number of rotatable bonds is 3. The van der Waals surface area contributed by atoms with Crippen molar-refractivity contribution in [2.75, 3.05) is 6.61 Å². The van der Waals surface area contributed by atoms with E-state index in [-0.39, 0.29) is 12.0 Å². The SMILES string of the molecule is Cc1ccc(-c2csc(C3(CO)CCC3)n2)o1. The molecule has 0 saturated heterocycles. The van der Waals surface area contributed by atoms with E-state index in [1.165, 1.54) is 6.42 Å². The van der Waals surface area contributed by atoms with E-state index in [1.807, 2.05) is 24.4 Å². The van der Waals surface area contributed by atoms with Crippen molar-refractivity contribution in [2.45, 2.75) is 31.6 Å². The molecule has 1 aliphatic carbocycles. The van der Waals surface area contributed by atoms with Crippen LogP contribution in [0.3, 0.4) is 0 Å². The van der Waals surface area contributed by atoms with Gasteiger partial charge in [0.2, 0.25) is 0 Å². The smallest absolute Gasteiger partial charge is 0.153 e. The lowest BCUT2D eigenvalue weighted by Crippen LogP contribution is -2.37. The fourth-order valence-electron chi connectivity index (χ4n) is 2.25. The Morgan fingerprint density at radius 3 is 2.82 bits per heavy atom. The van der Waals surface area contributed by atoms with Crippen LogP contribution in [-0.2, 0) is 5.41 Å². The molecule has 0 radical (unpaired) electrons. The van der Waals surface area contributed by atoms with E-state index in [4.69, 9.17) is 4.42 Å². The van der Waals surface area contributed by atoms with Crippen molar-refractivity contribution in [2.24, 2.45) is 0 Å². The third kappa shape index (κ3) is 1.72. The third-order valence-electron chi connectivity index (χ3n) is 3.56. The molecule has 2 aromatic heterocycles. The van der Waals surface area contributed by atoms with Crippen LogP contribution in [0.15, 0.2) is 21.9 Å². The fourth-order valence-corrected chi connectivity index (χ4v) is 3.31. The van der Waals surface area contributed by atoms with Gasteiger partial charge in [-0.1, -0.05) is 6.42 Å². The maximum Gasteiger partial charge on any atom is 0.153 e. The third-order valence-corrected chi connectivity index (χ3v) is 4.65. The zero-order chi connectivity index (χ0) is 11.9. The number of aryl methyl sites for hydroxylation is 1. The van der Waals surface area contributed by atoms with Crippen LogP contribution in [0.1, 0.15) is 30.0 Å². The molecule has 0 aromatic carbocycles. The van der Waals surface area contributed by atoms with Gasteiger partial charge in [0, 0.05) is 10.8 Å². The molecule has 2 heterocycles. The lowest BCUT2D eigenvalue weighted by molar-refractivity contribution is 0.120. The van der Waals surface area contributed by atoms with Crippen molar-refractivity contribution in [3.8, 4) is 11.5 Å². The molecule has 1 aliphatic rings. The second kappa shape index (κ2) is 3.96. The second-order valence-corrected chi connectivity index (χ2v) is 5.60. The molecule has 0 amide bonds. The summed E-state index contributed by atoms with van der Waals surface area (Å²) in [6, 6.07) is 3.89. The van der Waals surface area contributed by atoms with E-state index in [0.717, 1.165) is 35.1 Å². The quantitative estimate of drug-likeness (QED) is 0.909. The summed E-state index contributed by atoms with van der Waals surface area (Å²) >= 11 is 1.63. The number of hydrogen-bond donors (Lipinski definition) is 1. The molecule has 0 atom stereocenters.